The van der Waals surface area contributed by atoms with Gasteiger partial charge < -0.3 is 15.1 Å². The molecule has 126 valence electrons. The molecule has 2 aromatic carbocycles. The van der Waals surface area contributed by atoms with Crippen LogP contribution in [0.1, 0.15) is 11.1 Å². The van der Waals surface area contributed by atoms with Gasteiger partial charge in [-0.3, -0.25) is 4.84 Å². The Morgan fingerprint density at radius 3 is 2.25 bits per heavy atom. The van der Waals surface area contributed by atoms with E-state index in [0.29, 0.717) is 10.8 Å². The average molecular weight is 336 g/mol. The standard InChI is InChI=1S/C14H12N2O8/c1-8-12(6-9(24-16(21)22)7-23-15(19)20)14(18)11-5-3-2-4-10(11)13(8)17/h2-6,17-18H,7H2,1H3/b9-6-. The Morgan fingerprint density at radius 2 is 1.71 bits per heavy atom. The van der Waals surface area contributed by atoms with Gasteiger partial charge in [-0.05, 0) is 13.0 Å². The van der Waals surface area contributed by atoms with E-state index in [1.165, 1.54) is 6.92 Å². The molecule has 0 atom stereocenters. The number of phenolic OH excluding ortho intramolecular Hbond substituents is 2. The first-order chi connectivity index (χ1) is 11.3. The Balaban J connectivity index is 2.59. The van der Waals surface area contributed by atoms with Gasteiger partial charge in [-0.2, -0.15) is 0 Å². The third-order valence-corrected chi connectivity index (χ3v) is 3.26. The second kappa shape index (κ2) is 6.69. The molecule has 24 heavy (non-hydrogen) atoms. The van der Waals surface area contributed by atoms with Gasteiger partial charge in [0.1, 0.15) is 23.9 Å². The van der Waals surface area contributed by atoms with Gasteiger partial charge in [-0.15, -0.1) is 20.2 Å². The van der Waals surface area contributed by atoms with Gasteiger partial charge in [-0.1, -0.05) is 24.3 Å². The summed E-state index contributed by atoms with van der Waals surface area (Å²) in [6.07, 6.45) is 1.00. The minimum absolute atomic E-state index is 0.0231. The number of aromatic hydroxyl groups is 2. The van der Waals surface area contributed by atoms with Crippen molar-refractivity contribution in [2.45, 2.75) is 6.92 Å². The fourth-order valence-electron chi connectivity index (χ4n) is 2.19. The highest BCUT2D eigenvalue weighted by Gasteiger charge is 2.16. The minimum Gasteiger partial charge on any atom is -0.507 e. The van der Waals surface area contributed by atoms with E-state index in [-0.39, 0.29) is 22.6 Å². The predicted octanol–water partition coefficient (Wildman–Crippen LogP) is 2.32. The van der Waals surface area contributed by atoms with Gasteiger partial charge in [0.25, 0.3) is 10.2 Å². The van der Waals surface area contributed by atoms with Crippen molar-refractivity contribution in [2.75, 3.05) is 6.61 Å². The second-order valence-corrected chi connectivity index (χ2v) is 4.70. The van der Waals surface area contributed by atoms with Crippen LogP contribution in [0, 0.1) is 27.2 Å². The van der Waals surface area contributed by atoms with Gasteiger partial charge in [0.15, 0.2) is 0 Å². The lowest BCUT2D eigenvalue weighted by Gasteiger charge is -2.13. The fourth-order valence-corrected chi connectivity index (χ4v) is 2.19. The van der Waals surface area contributed by atoms with Crippen LogP contribution in [0.25, 0.3) is 16.8 Å². The summed E-state index contributed by atoms with van der Waals surface area (Å²) in [7, 11) is 0. The molecule has 0 spiro atoms. The summed E-state index contributed by atoms with van der Waals surface area (Å²) in [5.74, 6) is -0.915. The number of rotatable bonds is 6. The molecule has 0 fully saturated rings. The van der Waals surface area contributed by atoms with Crippen LogP contribution in [0.5, 0.6) is 11.5 Å². The Labute approximate surface area is 134 Å². The van der Waals surface area contributed by atoms with Gasteiger partial charge in [0.2, 0.25) is 0 Å². The zero-order valence-corrected chi connectivity index (χ0v) is 12.3. The van der Waals surface area contributed by atoms with E-state index in [1.54, 1.807) is 24.3 Å². The van der Waals surface area contributed by atoms with E-state index in [1.807, 2.05) is 0 Å². The molecule has 0 saturated carbocycles. The third kappa shape index (κ3) is 3.43. The Hall–Kier alpha value is -3.56. The van der Waals surface area contributed by atoms with Gasteiger partial charge in [0, 0.05) is 21.9 Å². The summed E-state index contributed by atoms with van der Waals surface area (Å²) in [6.45, 7) is 0.645. The monoisotopic (exact) mass is 336 g/mol. The maximum absolute atomic E-state index is 10.5. The molecule has 2 N–H and O–H groups in total. The molecule has 0 aliphatic heterocycles. The summed E-state index contributed by atoms with van der Waals surface area (Å²) < 4.78 is 0. The Kier molecular flexibility index (Phi) is 4.68. The molecule has 0 aromatic heterocycles. The van der Waals surface area contributed by atoms with Crippen molar-refractivity contribution >= 4 is 16.8 Å². The quantitative estimate of drug-likeness (QED) is 0.354. The fraction of sp³-hybridized carbons (Fsp3) is 0.143. The molecular weight excluding hydrogens is 324 g/mol. The first-order valence-electron chi connectivity index (χ1n) is 6.54. The smallest absolute Gasteiger partial charge is 0.299 e. The van der Waals surface area contributed by atoms with E-state index >= 15 is 0 Å². The van der Waals surface area contributed by atoms with Crippen molar-refractivity contribution in [2.24, 2.45) is 0 Å². The second-order valence-electron chi connectivity index (χ2n) is 4.70. The molecular formula is C14H12N2O8. The highest BCUT2D eigenvalue weighted by molar-refractivity contribution is 5.97. The largest absolute Gasteiger partial charge is 0.507 e. The van der Waals surface area contributed by atoms with Crippen molar-refractivity contribution in [1.82, 2.24) is 0 Å². The third-order valence-electron chi connectivity index (χ3n) is 3.26. The molecule has 0 radical (unpaired) electrons. The van der Waals surface area contributed by atoms with Crippen molar-refractivity contribution in [3.63, 3.8) is 0 Å². The number of phenols is 2. The SMILES string of the molecule is Cc1c(/C=C(/CO[N+](=O)[O-])O[N+](=O)[O-])c(O)c2ccccc2c1O. The van der Waals surface area contributed by atoms with Gasteiger partial charge in [-0.25, -0.2) is 0 Å². The van der Waals surface area contributed by atoms with E-state index in [2.05, 4.69) is 9.68 Å². The molecule has 0 aliphatic rings. The summed E-state index contributed by atoms with van der Waals surface area (Å²) in [6, 6.07) is 6.44. The molecule has 10 nitrogen and oxygen atoms in total. The summed E-state index contributed by atoms with van der Waals surface area (Å²) in [5, 5.41) is 39.7. The van der Waals surface area contributed by atoms with E-state index in [4.69, 9.17) is 0 Å². The molecule has 0 aliphatic carbocycles. The van der Waals surface area contributed by atoms with Crippen molar-refractivity contribution in [1.29, 1.82) is 0 Å². The lowest BCUT2D eigenvalue weighted by molar-refractivity contribution is -0.769. The summed E-state index contributed by atoms with van der Waals surface area (Å²) in [4.78, 5) is 29.0. The first kappa shape index (κ1) is 16.8. The maximum Gasteiger partial charge on any atom is 0.299 e. The topological polar surface area (TPSA) is 145 Å². The molecule has 0 saturated heterocycles. The lowest BCUT2D eigenvalue weighted by Crippen LogP contribution is -2.10. The molecule has 2 rings (SSSR count). The van der Waals surface area contributed by atoms with Crippen molar-refractivity contribution in [3.8, 4) is 11.5 Å². The van der Waals surface area contributed by atoms with E-state index in [0.717, 1.165) is 6.08 Å². The highest BCUT2D eigenvalue weighted by Crippen LogP contribution is 2.40. The highest BCUT2D eigenvalue weighted by atomic mass is 17.0. The Bertz CT molecular complexity index is 846. The summed E-state index contributed by atoms with van der Waals surface area (Å²) in [5.41, 5.74) is 0.242. The maximum atomic E-state index is 10.5. The molecule has 0 heterocycles. The lowest BCUT2D eigenvalue weighted by atomic mass is 9.98. The number of hydrogen-bond acceptors (Lipinski definition) is 8. The number of nitrogens with zero attached hydrogens (tertiary/aromatic N) is 2. The van der Waals surface area contributed by atoms with E-state index in [9.17, 15) is 30.4 Å². The molecule has 10 heteroatoms. The van der Waals surface area contributed by atoms with Crippen LogP contribution in [-0.4, -0.2) is 27.0 Å². The predicted molar refractivity (Wildman–Crippen MR) is 81.0 cm³/mol. The Morgan fingerprint density at radius 1 is 1.12 bits per heavy atom. The first-order valence-corrected chi connectivity index (χ1v) is 6.54. The van der Waals surface area contributed by atoms with Crippen LogP contribution in [0.3, 0.4) is 0 Å². The van der Waals surface area contributed by atoms with Crippen LogP contribution in [0.4, 0.5) is 0 Å². The minimum atomic E-state index is -1.16. The summed E-state index contributed by atoms with van der Waals surface area (Å²) >= 11 is 0. The molecule has 0 unspecified atom stereocenters. The molecule has 0 amide bonds. The van der Waals surface area contributed by atoms with Gasteiger partial charge in [0.05, 0.1) is 0 Å². The van der Waals surface area contributed by atoms with Crippen LogP contribution < -0.4 is 0 Å². The van der Waals surface area contributed by atoms with Gasteiger partial charge >= 0.3 is 0 Å². The van der Waals surface area contributed by atoms with E-state index < -0.39 is 22.5 Å². The van der Waals surface area contributed by atoms with Crippen molar-refractivity contribution in [3.05, 3.63) is 61.4 Å². The number of benzene rings is 2. The number of fused-ring (bicyclic) bond motifs is 1. The average Bonchev–Trinajstić information content (AvgIpc) is 2.53. The van der Waals surface area contributed by atoms with Crippen LogP contribution in [0.2, 0.25) is 0 Å². The van der Waals surface area contributed by atoms with Crippen LogP contribution >= 0.6 is 0 Å². The zero-order chi connectivity index (χ0) is 17.9. The van der Waals surface area contributed by atoms with Crippen molar-refractivity contribution < 1.29 is 30.1 Å². The molecule has 0 bridgehead atoms. The molecule has 2 aromatic rings. The van der Waals surface area contributed by atoms with Crippen LogP contribution in [-0.2, 0) is 9.68 Å². The normalized spacial score (nSPS) is 11.3. The number of hydrogen-bond donors (Lipinski definition) is 2. The van der Waals surface area contributed by atoms with Crippen LogP contribution in [0.15, 0.2) is 30.0 Å². The zero-order valence-electron chi connectivity index (χ0n) is 12.3.